The maximum absolute atomic E-state index is 10.6. The Morgan fingerprint density at radius 2 is 2.04 bits per heavy atom. The van der Waals surface area contributed by atoms with Crippen LogP contribution in [0.4, 0.5) is 5.82 Å². The molecule has 3 aromatic rings. The number of ether oxygens (including phenoxy) is 1. The van der Waals surface area contributed by atoms with Gasteiger partial charge in [0, 0.05) is 55.4 Å². The van der Waals surface area contributed by atoms with Crippen LogP contribution in [0, 0.1) is 0 Å². The number of aromatic amines is 1. The Labute approximate surface area is 158 Å². The predicted octanol–water partition coefficient (Wildman–Crippen LogP) is 2.21. The Morgan fingerprint density at radius 3 is 2.85 bits per heavy atom. The number of aromatic nitrogens is 3. The molecule has 0 spiro atoms. The lowest BCUT2D eigenvalue weighted by Crippen LogP contribution is -2.47. The van der Waals surface area contributed by atoms with Crippen LogP contribution in [-0.2, 0) is 0 Å². The van der Waals surface area contributed by atoms with Crippen LogP contribution in [-0.4, -0.2) is 64.8 Å². The lowest BCUT2D eigenvalue weighted by molar-refractivity contribution is 0.140. The topological polar surface area (TPSA) is 77.5 Å². The molecule has 1 fully saturated rings. The number of para-hydroxylation sites is 1. The van der Waals surface area contributed by atoms with Crippen molar-refractivity contribution in [3.8, 4) is 5.75 Å². The number of H-pyrrole nitrogens is 1. The van der Waals surface area contributed by atoms with Crippen LogP contribution in [0.3, 0.4) is 0 Å². The number of hydrogen-bond donors (Lipinski definition) is 2. The molecule has 0 bridgehead atoms. The van der Waals surface area contributed by atoms with Crippen LogP contribution in [0.1, 0.15) is 18.1 Å². The van der Waals surface area contributed by atoms with Crippen molar-refractivity contribution in [2.45, 2.75) is 12.5 Å². The second kappa shape index (κ2) is 7.94. The molecule has 1 aromatic carbocycles. The highest BCUT2D eigenvalue weighted by Crippen LogP contribution is 2.27. The number of nitrogens with one attached hydrogen (secondary N) is 1. The average molecular weight is 367 g/mol. The summed E-state index contributed by atoms with van der Waals surface area (Å²) >= 11 is 0. The van der Waals surface area contributed by atoms with E-state index >= 15 is 0 Å². The quantitative estimate of drug-likeness (QED) is 0.696. The minimum atomic E-state index is -0.457. The molecule has 0 aliphatic carbocycles. The van der Waals surface area contributed by atoms with Crippen molar-refractivity contribution in [3.63, 3.8) is 0 Å². The third kappa shape index (κ3) is 3.74. The van der Waals surface area contributed by atoms with Gasteiger partial charge in [0.1, 0.15) is 6.33 Å². The van der Waals surface area contributed by atoms with Gasteiger partial charge in [-0.05, 0) is 12.5 Å². The van der Waals surface area contributed by atoms with Gasteiger partial charge in [0.25, 0.3) is 0 Å². The number of aliphatic hydroxyl groups excluding tert-OH is 1. The first-order valence-electron chi connectivity index (χ1n) is 9.31. The molecule has 1 saturated heterocycles. The highest BCUT2D eigenvalue weighted by Gasteiger charge is 2.22. The van der Waals surface area contributed by atoms with E-state index in [0.29, 0.717) is 5.75 Å². The largest absolute Gasteiger partial charge is 0.491 e. The Morgan fingerprint density at radius 1 is 1.22 bits per heavy atom. The van der Waals surface area contributed by atoms with Crippen molar-refractivity contribution in [2.24, 2.45) is 0 Å². The van der Waals surface area contributed by atoms with E-state index in [0.717, 1.165) is 61.4 Å². The van der Waals surface area contributed by atoms with E-state index in [9.17, 15) is 5.11 Å². The first-order chi connectivity index (χ1) is 13.3. The third-order valence-electron chi connectivity index (χ3n) is 5.25. The molecule has 2 N–H and O–H groups in total. The Kier molecular flexibility index (Phi) is 5.22. The Bertz CT molecular complexity index is 889. The molecule has 0 amide bonds. The molecule has 2 aromatic heterocycles. The summed E-state index contributed by atoms with van der Waals surface area (Å²) in [5.41, 5.74) is 2.05. The number of nitrogens with zero attached hydrogens (tertiary/aromatic N) is 4. The van der Waals surface area contributed by atoms with E-state index in [1.54, 1.807) is 19.6 Å². The smallest absolute Gasteiger partial charge is 0.179 e. The van der Waals surface area contributed by atoms with Crippen molar-refractivity contribution in [3.05, 3.63) is 48.5 Å². The number of piperazine rings is 1. The summed E-state index contributed by atoms with van der Waals surface area (Å²) in [6, 6.07) is 8.10. The Balaban J connectivity index is 1.32. The molecule has 7 heteroatoms. The zero-order valence-electron chi connectivity index (χ0n) is 15.5. The molecule has 27 heavy (non-hydrogen) atoms. The predicted molar refractivity (Wildman–Crippen MR) is 105 cm³/mol. The first-order valence-corrected chi connectivity index (χ1v) is 9.31. The summed E-state index contributed by atoms with van der Waals surface area (Å²) < 4.78 is 5.36. The van der Waals surface area contributed by atoms with Gasteiger partial charge in [-0.2, -0.15) is 0 Å². The van der Waals surface area contributed by atoms with Gasteiger partial charge in [0.2, 0.25) is 0 Å². The summed E-state index contributed by atoms with van der Waals surface area (Å²) in [4.78, 5) is 16.2. The van der Waals surface area contributed by atoms with Crippen LogP contribution >= 0.6 is 0 Å². The van der Waals surface area contributed by atoms with E-state index < -0.39 is 6.10 Å². The second-order valence-corrected chi connectivity index (χ2v) is 6.84. The number of rotatable bonds is 6. The lowest BCUT2D eigenvalue weighted by Gasteiger charge is -2.36. The van der Waals surface area contributed by atoms with Crippen molar-refractivity contribution < 1.29 is 9.84 Å². The Hall–Kier alpha value is -2.64. The molecule has 3 heterocycles. The van der Waals surface area contributed by atoms with Crippen LogP contribution in [0.2, 0.25) is 0 Å². The third-order valence-corrected chi connectivity index (χ3v) is 5.25. The van der Waals surface area contributed by atoms with Gasteiger partial charge >= 0.3 is 0 Å². The van der Waals surface area contributed by atoms with Crippen molar-refractivity contribution >= 4 is 16.7 Å². The molecule has 4 rings (SSSR count). The maximum atomic E-state index is 10.6. The first kappa shape index (κ1) is 17.8. The standard InChI is InChI=1S/C20H25N5O2/c1-27-19-13-21-14-23-20(19)25-10-8-24(9-11-25)7-6-18(26)16-12-22-17-5-3-2-4-15(16)17/h2-5,12-14,18,22,26H,6-11H2,1H3. The van der Waals surface area contributed by atoms with Gasteiger partial charge in [-0.1, -0.05) is 18.2 Å². The molecule has 1 aliphatic heterocycles. The number of anilines is 1. The summed E-state index contributed by atoms with van der Waals surface area (Å²) in [6.07, 6.45) is 5.45. The summed E-state index contributed by atoms with van der Waals surface area (Å²) in [5.74, 6) is 1.56. The molecule has 7 nitrogen and oxygen atoms in total. The zero-order valence-corrected chi connectivity index (χ0v) is 15.5. The molecule has 0 radical (unpaired) electrons. The van der Waals surface area contributed by atoms with Gasteiger partial charge < -0.3 is 19.7 Å². The van der Waals surface area contributed by atoms with Crippen molar-refractivity contribution in [1.82, 2.24) is 19.9 Å². The fourth-order valence-electron chi connectivity index (χ4n) is 3.71. The molecule has 142 valence electrons. The van der Waals surface area contributed by atoms with Crippen LogP contribution in [0.15, 0.2) is 43.0 Å². The molecule has 1 unspecified atom stereocenters. The average Bonchev–Trinajstić information content (AvgIpc) is 3.17. The van der Waals surface area contributed by atoms with Gasteiger partial charge in [-0.25, -0.2) is 9.97 Å². The minimum Gasteiger partial charge on any atom is -0.491 e. The number of aliphatic hydroxyl groups is 1. The maximum Gasteiger partial charge on any atom is 0.179 e. The van der Waals surface area contributed by atoms with Gasteiger partial charge in [0.05, 0.1) is 19.4 Å². The van der Waals surface area contributed by atoms with E-state index in [1.165, 1.54) is 0 Å². The highest BCUT2D eigenvalue weighted by molar-refractivity contribution is 5.83. The highest BCUT2D eigenvalue weighted by atomic mass is 16.5. The fraction of sp³-hybridized carbons (Fsp3) is 0.400. The monoisotopic (exact) mass is 367 g/mol. The summed E-state index contributed by atoms with van der Waals surface area (Å²) in [7, 11) is 1.64. The van der Waals surface area contributed by atoms with Crippen LogP contribution < -0.4 is 9.64 Å². The second-order valence-electron chi connectivity index (χ2n) is 6.84. The number of benzene rings is 1. The summed E-state index contributed by atoms with van der Waals surface area (Å²) in [6.45, 7) is 4.52. The van der Waals surface area contributed by atoms with Gasteiger partial charge in [-0.3, -0.25) is 4.90 Å². The van der Waals surface area contributed by atoms with Crippen LogP contribution in [0.5, 0.6) is 5.75 Å². The zero-order chi connectivity index (χ0) is 18.6. The number of fused-ring (bicyclic) bond motifs is 1. The molecular weight excluding hydrogens is 342 g/mol. The molecular formula is C20H25N5O2. The van der Waals surface area contributed by atoms with Crippen LogP contribution in [0.25, 0.3) is 10.9 Å². The SMILES string of the molecule is COc1cncnc1N1CCN(CCC(O)c2c[nH]c3ccccc23)CC1. The van der Waals surface area contributed by atoms with Crippen molar-refractivity contribution in [2.75, 3.05) is 44.7 Å². The lowest BCUT2D eigenvalue weighted by atomic mass is 10.1. The van der Waals surface area contributed by atoms with E-state index in [1.807, 2.05) is 24.4 Å². The van der Waals surface area contributed by atoms with Gasteiger partial charge in [0.15, 0.2) is 11.6 Å². The fourth-order valence-corrected chi connectivity index (χ4v) is 3.71. The van der Waals surface area contributed by atoms with E-state index in [-0.39, 0.29) is 0 Å². The number of methoxy groups -OCH3 is 1. The normalized spacial score (nSPS) is 16.6. The van der Waals surface area contributed by atoms with Gasteiger partial charge in [-0.15, -0.1) is 0 Å². The van der Waals surface area contributed by atoms with E-state index in [2.05, 4.69) is 30.8 Å². The minimum absolute atomic E-state index is 0.457. The van der Waals surface area contributed by atoms with Crippen molar-refractivity contribution in [1.29, 1.82) is 0 Å². The van der Waals surface area contributed by atoms with E-state index in [4.69, 9.17) is 4.74 Å². The number of hydrogen-bond acceptors (Lipinski definition) is 6. The summed E-state index contributed by atoms with van der Waals surface area (Å²) in [5, 5.41) is 11.7. The molecule has 0 saturated carbocycles. The molecule has 1 atom stereocenters. The molecule has 1 aliphatic rings.